The maximum absolute atomic E-state index is 10.0. The summed E-state index contributed by atoms with van der Waals surface area (Å²) in [5.74, 6) is 0. The first kappa shape index (κ1) is 17.4. The van der Waals surface area contributed by atoms with Gasteiger partial charge < -0.3 is 15.7 Å². The van der Waals surface area contributed by atoms with E-state index in [0.29, 0.717) is 13.1 Å². The lowest BCUT2D eigenvalue weighted by Crippen LogP contribution is -2.38. The zero-order valence-electron chi connectivity index (χ0n) is 11.6. The molecule has 0 amide bonds. The molecule has 1 aromatic rings. The number of hydrogen-bond acceptors (Lipinski definition) is 4. The molecular weight excluding hydrogens is 246 g/mol. The Labute approximate surface area is 117 Å². The van der Waals surface area contributed by atoms with Gasteiger partial charge in [-0.1, -0.05) is 6.07 Å². The van der Waals surface area contributed by atoms with E-state index in [1.54, 1.807) is 0 Å². The Hall–Kier alpha value is -0.620. The predicted octanol–water partition coefficient (Wildman–Crippen LogP) is 1.34. The third kappa shape index (κ3) is 6.35. The molecule has 0 aliphatic rings. The lowest BCUT2D eigenvalue weighted by Gasteiger charge is -2.22. The maximum atomic E-state index is 10.0. The van der Waals surface area contributed by atoms with Crippen LogP contribution in [0.15, 0.2) is 18.2 Å². The highest BCUT2D eigenvalue weighted by Crippen LogP contribution is 2.11. The Morgan fingerprint density at radius 2 is 2.00 bits per heavy atom. The third-order valence-corrected chi connectivity index (χ3v) is 2.35. The average molecular weight is 271 g/mol. The van der Waals surface area contributed by atoms with Crippen molar-refractivity contribution >= 4 is 13.5 Å². The molecule has 18 heavy (non-hydrogen) atoms. The van der Waals surface area contributed by atoms with Crippen molar-refractivity contribution in [1.29, 1.82) is 0 Å². The number of β-amino-alcohol motifs (C(OH)–C–C–N with tert-alkyl or cyclic N) is 1. The molecule has 0 saturated carbocycles. The van der Waals surface area contributed by atoms with Crippen molar-refractivity contribution in [2.75, 3.05) is 13.6 Å². The monoisotopic (exact) mass is 271 g/mol. The van der Waals surface area contributed by atoms with Gasteiger partial charge in [0, 0.05) is 18.6 Å². The summed E-state index contributed by atoms with van der Waals surface area (Å²) in [4.78, 5) is 4.41. The van der Waals surface area contributed by atoms with E-state index in [1.165, 1.54) is 0 Å². The molecule has 0 spiro atoms. The summed E-state index contributed by atoms with van der Waals surface area (Å²) < 4.78 is 0. The van der Waals surface area contributed by atoms with Gasteiger partial charge in [-0.2, -0.15) is 13.5 Å². The standard InChI is InChI=1S/C13H23N3O.H2S/c1-13(2,3)15-9-12(17)11-7-5-6-10(16-11)8-14-4;/h5-7,12,14-15,17H,8-9H2,1-4H3;1H2/t12-;/m0./s1. The molecule has 0 radical (unpaired) electrons. The maximum Gasteiger partial charge on any atom is 0.108 e. The average Bonchev–Trinajstić information content (AvgIpc) is 2.26. The smallest absolute Gasteiger partial charge is 0.108 e. The Bertz CT molecular complexity index is 352. The van der Waals surface area contributed by atoms with Gasteiger partial charge in [0.25, 0.3) is 0 Å². The zero-order chi connectivity index (χ0) is 12.9. The Morgan fingerprint density at radius 1 is 1.33 bits per heavy atom. The van der Waals surface area contributed by atoms with E-state index in [-0.39, 0.29) is 19.0 Å². The summed E-state index contributed by atoms with van der Waals surface area (Å²) >= 11 is 0. The molecule has 0 bridgehead atoms. The van der Waals surface area contributed by atoms with Crippen molar-refractivity contribution in [2.24, 2.45) is 0 Å². The van der Waals surface area contributed by atoms with Gasteiger partial charge in [0.15, 0.2) is 0 Å². The predicted molar refractivity (Wildman–Crippen MR) is 80.1 cm³/mol. The number of hydrogen-bond donors (Lipinski definition) is 3. The number of aliphatic hydroxyl groups excluding tert-OH is 1. The van der Waals surface area contributed by atoms with Gasteiger partial charge >= 0.3 is 0 Å². The molecule has 0 fully saturated rings. The van der Waals surface area contributed by atoms with E-state index in [1.807, 2.05) is 25.2 Å². The molecule has 104 valence electrons. The number of aliphatic hydroxyl groups is 1. The van der Waals surface area contributed by atoms with E-state index in [2.05, 4.69) is 36.4 Å². The van der Waals surface area contributed by atoms with E-state index >= 15 is 0 Å². The highest BCUT2D eigenvalue weighted by molar-refractivity contribution is 7.59. The van der Waals surface area contributed by atoms with Crippen molar-refractivity contribution in [3.8, 4) is 0 Å². The first-order valence-corrected chi connectivity index (χ1v) is 5.96. The number of pyridine rings is 1. The molecule has 1 aromatic heterocycles. The summed E-state index contributed by atoms with van der Waals surface area (Å²) in [7, 11) is 1.88. The van der Waals surface area contributed by atoms with E-state index in [4.69, 9.17) is 0 Å². The molecule has 0 aliphatic carbocycles. The van der Waals surface area contributed by atoms with E-state index in [0.717, 1.165) is 11.4 Å². The normalized spacial score (nSPS) is 12.9. The first-order chi connectivity index (χ1) is 7.92. The van der Waals surface area contributed by atoms with Gasteiger partial charge in [0.05, 0.1) is 11.4 Å². The number of rotatable bonds is 5. The fraction of sp³-hybridized carbons (Fsp3) is 0.615. The molecule has 0 saturated heterocycles. The second-order valence-electron chi connectivity index (χ2n) is 5.23. The Morgan fingerprint density at radius 3 is 2.56 bits per heavy atom. The molecule has 1 atom stereocenters. The van der Waals surface area contributed by atoms with Crippen LogP contribution in [0.1, 0.15) is 38.3 Å². The van der Waals surface area contributed by atoms with Crippen LogP contribution in [0, 0.1) is 0 Å². The molecule has 5 heteroatoms. The van der Waals surface area contributed by atoms with Crippen molar-refractivity contribution in [2.45, 2.75) is 39.0 Å². The zero-order valence-corrected chi connectivity index (χ0v) is 12.6. The van der Waals surface area contributed by atoms with Gasteiger partial charge in [-0.3, -0.25) is 4.98 Å². The summed E-state index contributed by atoms with van der Waals surface area (Å²) in [5.41, 5.74) is 1.66. The molecule has 0 aliphatic heterocycles. The molecular formula is C13H25N3OS. The SMILES string of the molecule is CNCc1cccc([C@@H](O)CNC(C)(C)C)n1.S. The van der Waals surface area contributed by atoms with Crippen LogP contribution >= 0.6 is 13.5 Å². The van der Waals surface area contributed by atoms with Crippen LogP contribution in [0.4, 0.5) is 0 Å². The van der Waals surface area contributed by atoms with Crippen molar-refractivity contribution in [3.63, 3.8) is 0 Å². The molecule has 1 heterocycles. The fourth-order valence-electron chi connectivity index (χ4n) is 1.47. The quantitative estimate of drug-likeness (QED) is 0.756. The minimum Gasteiger partial charge on any atom is -0.385 e. The largest absolute Gasteiger partial charge is 0.385 e. The van der Waals surface area contributed by atoms with Crippen LogP contribution in [0.3, 0.4) is 0 Å². The van der Waals surface area contributed by atoms with Crippen LogP contribution in [0.2, 0.25) is 0 Å². The summed E-state index contributed by atoms with van der Waals surface area (Å²) in [5, 5.41) is 16.3. The highest BCUT2D eigenvalue weighted by atomic mass is 32.1. The molecule has 0 unspecified atom stereocenters. The summed E-state index contributed by atoms with van der Waals surface area (Å²) in [6, 6.07) is 5.73. The second kappa shape index (κ2) is 7.74. The van der Waals surface area contributed by atoms with Gasteiger partial charge in [0.1, 0.15) is 6.10 Å². The Balaban J connectivity index is 0.00000289. The summed E-state index contributed by atoms with van der Waals surface area (Å²) in [6.45, 7) is 7.45. The highest BCUT2D eigenvalue weighted by Gasteiger charge is 2.14. The Kier molecular flexibility index (Phi) is 7.47. The lowest BCUT2D eigenvalue weighted by molar-refractivity contribution is 0.158. The van der Waals surface area contributed by atoms with E-state index in [9.17, 15) is 5.11 Å². The number of aromatic nitrogens is 1. The topological polar surface area (TPSA) is 57.2 Å². The molecule has 3 N–H and O–H groups in total. The lowest BCUT2D eigenvalue weighted by atomic mass is 10.1. The minimum absolute atomic E-state index is 0. The fourth-order valence-corrected chi connectivity index (χ4v) is 1.47. The number of nitrogens with one attached hydrogen (secondary N) is 2. The van der Waals surface area contributed by atoms with Crippen molar-refractivity contribution < 1.29 is 5.11 Å². The molecule has 0 aromatic carbocycles. The van der Waals surface area contributed by atoms with Gasteiger partial charge in [-0.05, 0) is 40.0 Å². The third-order valence-electron chi connectivity index (χ3n) is 2.35. The van der Waals surface area contributed by atoms with Gasteiger partial charge in [-0.25, -0.2) is 0 Å². The van der Waals surface area contributed by atoms with E-state index < -0.39 is 6.10 Å². The van der Waals surface area contributed by atoms with Crippen LogP contribution < -0.4 is 10.6 Å². The van der Waals surface area contributed by atoms with Crippen molar-refractivity contribution in [3.05, 3.63) is 29.6 Å². The second-order valence-corrected chi connectivity index (χ2v) is 5.23. The van der Waals surface area contributed by atoms with Gasteiger partial charge in [0.2, 0.25) is 0 Å². The summed E-state index contributed by atoms with van der Waals surface area (Å²) in [6.07, 6.45) is -0.564. The van der Waals surface area contributed by atoms with Crippen LogP contribution in [0.25, 0.3) is 0 Å². The first-order valence-electron chi connectivity index (χ1n) is 5.96. The number of nitrogens with zero attached hydrogens (tertiary/aromatic N) is 1. The van der Waals surface area contributed by atoms with Crippen LogP contribution in [0.5, 0.6) is 0 Å². The van der Waals surface area contributed by atoms with Crippen LogP contribution in [-0.2, 0) is 6.54 Å². The molecule has 1 rings (SSSR count). The minimum atomic E-state index is -0.564. The van der Waals surface area contributed by atoms with Gasteiger partial charge in [-0.15, -0.1) is 0 Å². The molecule has 4 nitrogen and oxygen atoms in total. The van der Waals surface area contributed by atoms with Crippen molar-refractivity contribution in [1.82, 2.24) is 15.6 Å². The van der Waals surface area contributed by atoms with Crippen LogP contribution in [-0.4, -0.2) is 29.2 Å².